The first-order chi connectivity index (χ1) is 7.16. The Morgan fingerprint density at radius 1 is 1.33 bits per heavy atom. The molecular formula is C11H20N2O2. The summed E-state index contributed by atoms with van der Waals surface area (Å²) in [5, 5.41) is 12.4. The molecule has 2 rings (SSSR count). The lowest BCUT2D eigenvalue weighted by molar-refractivity contribution is -0.126. The monoisotopic (exact) mass is 212 g/mol. The Morgan fingerprint density at radius 2 is 1.93 bits per heavy atom. The van der Waals surface area contributed by atoms with Gasteiger partial charge in [0, 0.05) is 19.1 Å². The van der Waals surface area contributed by atoms with Gasteiger partial charge in [-0.15, -0.1) is 0 Å². The highest BCUT2D eigenvalue weighted by atomic mass is 16.3. The van der Waals surface area contributed by atoms with Gasteiger partial charge in [0.05, 0.1) is 12.1 Å². The molecule has 2 fully saturated rings. The normalized spacial score (nSPS) is 26.3. The molecule has 86 valence electrons. The summed E-state index contributed by atoms with van der Waals surface area (Å²) in [5.41, 5.74) is 0. The van der Waals surface area contributed by atoms with E-state index in [9.17, 15) is 9.90 Å². The SMILES string of the molecule is CC(C(=O)NC1CC1)N1CCC(O)CC1. The van der Waals surface area contributed by atoms with Crippen LogP contribution in [0.5, 0.6) is 0 Å². The molecule has 0 aromatic carbocycles. The summed E-state index contributed by atoms with van der Waals surface area (Å²) in [6.07, 6.45) is 3.69. The predicted molar refractivity (Wildman–Crippen MR) is 57.4 cm³/mol. The van der Waals surface area contributed by atoms with Gasteiger partial charge < -0.3 is 10.4 Å². The number of carbonyl (C=O) groups is 1. The Hall–Kier alpha value is -0.610. The van der Waals surface area contributed by atoms with Crippen molar-refractivity contribution >= 4 is 5.91 Å². The van der Waals surface area contributed by atoms with Crippen LogP contribution in [0.1, 0.15) is 32.6 Å². The zero-order valence-electron chi connectivity index (χ0n) is 9.28. The van der Waals surface area contributed by atoms with Crippen molar-refractivity contribution in [1.29, 1.82) is 0 Å². The number of carbonyl (C=O) groups excluding carboxylic acids is 1. The number of nitrogens with one attached hydrogen (secondary N) is 1. The van der Waals surface area contributed by atoms with Gasteiger partial charge in [-0.2, -0.15) is 0 Å². The van der Waals surface area contributed by atoms with Crippen molar-refractivity contribution in [3.05, 3.63) is 0 Å². The maximum absolute atomic E-state index is 11.8. The van der Waals surface area contributed by atoms with E-state index in [1.807, 2.05) is 6.92 Å². The zero-order chi connectivity index (χ0) is 10.8. The molecule has 1 saturated carbocycles. The molecule has 1 unspecified atom stereocenters. The van der Waals surface area contributed by atoms with Gasteiger partial charge in [-0.05, 0) is 32.6 Å². The van der Waals surface area contributed by atoms with E-state index in [0.29, 0.717) is 6.04 Å². The second-order valence-electron chi connectivity index (χ2n) is 4.73. The Kier molecular flexibility index (Phi) is 3.26. The third kappa shape index (κ3) is 2.92. The van der Waals surface area contributed by atoms with E-state index in [1.54, 1.807) is 0 Å². The number of piperidine rings is 1. The Morgan fingerprint density at radius 3 is 2.47 bits per heavy atom. The molecule has 0 aromatic rings. The maximum atomic E-state index is 11.8. The van der Waals surface area contributed by atoms with E-state index >= 15 is 0 Å². The van der Waals surface area contributed by atoms with Crippen LogP contribution in [0.4, 0.5) is 0 Å². The highest BCUT2D eigenvalue weighted by Crippen LogP contribution is 2.19. The Balaban J connectivity index is 1.78. The van der Waals surface area contributed by atoms with Crippen LogP contribution in [-0.4, -0.2) is 47.2 Å². The maximum Gasteiger partial charge on any atom is 0.237 e. The standard InChI is InChI=1S/C11H20N2O2/c1-8(11(15)12-9-2-3-9)13-6-4-10(14)5-7-13/h8-10,14H,2-7H2,1H3,(H,12,15). The molecule has 1 aliphatic heterocycles. The lowest BCUT2D eigenvalue weighted by Crippen LogP contribution is -2.49. The molecule has 0 aromatic heterocycles. The molecule has 15 heavy (non-hydrogen) atoms. The van der Waals surface area contributed by atoms with Gasteiger partial charge in [-0.25, -0.2) is 0 Å². The van der Waals surface area contributed by atoms with Crippen LogP contribution in [-0.2, 0) is 4.79 Å². The average Bonchev–Trinajstić information content (AvgIpc) is 3.02. The summed E-state index contributed by atoms with van der Waals surface area (Å²) in [7, 11) is 0. The van der Waals surface area contributed by atoms with Gasteiger partial charge in [0.15, 0.2) is 0 Å². The number of amides is 1. The van der Waals surface area contributed by atoms with E-state index < -0.39 is 0 Å². The highest BCUT2D eigenvalue weighted by Gasteiger charge is 2.29. The van der Waals surface area contributed by atoms with Crippen LogP contribution in [0.3, 0.4) is 0 Å². The number of hydrogen-bond donors (Lipinski definition) is 2. The highest BCUT2D eigenvalue weighted by molar-refractivity contribution is 5.81. The van der Waals surface area contributed by atoms with Crippen molar-refractivity contribution < 1.29 is 9.90 Å². The van der Waals surface area contributed by atoms with Crippen molar-refractivity contribution in [1.82, 2.24) is 10.2 Å². The topological polar surface area (TPSA) is 52.6 Å². The minimum absolute atomic E-state index is 0.0434. The van der Waals surface area contributed by atoms with Crippen LogP contribution in [0.25, 0.3) is 0 Å². The summed E-state index contributed by atoms with van der Waals surface area (Å²) >= 11 is 0. The summed E-state index contributed by atoms with van der Waals surface area (Å²) < 4.78 is 0. The van der Waals surface area contributed by atoms with Gasteiger partial charge in [0.2, 0.25) is 5.91 Å². The van der Waals surface area contributed by atoms with Crippen LogP contribution in [0.15, 0.2) is 0 Å². The van der Waals surface area contributed by atoms with Crippen molar-refractivity contribution in [2.45, 2.75) is 50.8 Å². The molecule has 1 saturated heterocycles. The van der Waals surface area contributed by atoms with Crippen molar-refractivity contribution in [2.75, 3.05) is 13.1 Å². The van der Waals surface area contributed by atoms with Gasteiger partial charge >= 0.3 is 0 Å². The molecule has 0 radical (unpaired) electrons. The number of nitrogens with zero attached hydrogens (tertiary/aromatic N) is 1. The van der Waals surface area contributed by atoms with Gasteiger partial charge in [-0.1, -0.05) is 0 Å². The summed E-state index contributed by atoms with van der Waals surface area (Å²) in [4.78, 5) is 13.9. The third-order valence-electron chi connectivity index (χ3n) is 3.35. The molecule has 1 atom stereocenters. The first kappa shape index (κ1) is 10.9. The summed E-state index contributed by atoms with van der Waals surface area (Å²) in [5.74, 6) is 0.147. The summed E-state index contributed by atoms with van der Waals surface area (Å²) in [6, 6.07) is 0.397. The van der Waals surface area contributed by atoms with Crippen LogP contribution in [0.2, 0.25) is 0 Å². The van der Waals surface area contributed by atoms with Crippen molar-refractivity contribution in [2.24, 2.45) is 0 Å². The molecule has 0 bridgehead atoms. The van der Waals surface area contributed by atoms with Gasteiger partial charge in [0.25, 0.3) is 0 Å². The fraction of sp³-hybridized carbons (Fsp3) is 0.909. The van der Waals surface area contributed by atoms with Crippen molar-refractivity contribution in [3.8, 4) is 0 Å². The molecule has 1 amide bonds. The number of rotatable bonds is 3. The lowest BCUT2D eigenvalue weighted by atomic mass is 10.1. The number of likely N-dealkylation sites (tertiary alicyclic amines) is 1. The molecule has 1 aliphatic carbocycles. The number of aliphatic hydroxyl groups excluding tert-OH is 1. The van der Waals surface area contributed by atoms with E-state index in [0.717, 1.165) is 38.8 Å². The van der Waals surface area contributed by atoms with Crippen LogP contribution in [0, 0.1) is 0 Å². The first-order valence-corrected chi connectivity index (χ1v) is 5.89. The van der Waals surface area contributed by atoms with E-state index in [2.05, 4.69) is 10.2 Å². The Labute approximate surface area is 90.6 Å². The predicted octanol–water partition coefficient (Wildman–Crippen LogP) is 0.110. The fourth-order valence-corrected chi connectivity index (χ4v) is 1.99. The number of aliphatic hydroxyl groups is 1. The lowest BCUT2D eigenvalue weighted by Gasteiger charge is -2.33. The van der Waals surface area contributed by atoms with Crippen LogP contribution < -0.4 is 5.32 Å². The second kappa shape index (κ2) is 4.49. The van der Waals surface area contributed by atoms with E-state index in [4.69, 9.17) is 0 Å². The van der Waals surface area contributed by atoms with E-state index in [1.165, 1.54) is 0 Å². The van der Waals surface area contributed by atoms with Crippen molar-refractivity contribution in [3.63, 3.8) is 0 Å². The van der Waals surface area contributed by atoms with Gasteiger partial charge in [0.1, 0.15) is 0 Å². The quantitative estimate of drug-likeness (QED) is 0.698. The second-order valence-corrected chi connectivity index (χ2v) is 4.73. The fourth-order valence-electron chi connectivity index (χ4n) is 1.99. The molecule has 2 N–H and O–H groups in total. The van der Waals surface area contributed by atoms with Gasteiger partial charge in [-0.3, -0.25) is 9.69 Å². The van der Waals surface area contributed by atoms with E-state index in [-0.39, 0.29) is 18.1 Å². The first-order valence-electron chi connectivity index (χ1n) is 5.89. The molecule has 1 heterocycles. The smallest absolute Gasteiger partial charge is 0.237 e. The Bertz CT molecular complexity index is 233. The molecule has 4 nitrogen and oxygen atoms in total. The summed E-state index contributed by atoms with van der Waals surface area (Å²) in [6.45, 7) is 3.62. The number of hydrogen-bond acceptors (Lipinski definition) is 3. The third-order valence-corrected chi connectivity index (χ3v) is 3.35. The van der Waals surface area contributed by atoms with Crippen LogP contribution >= 0.6 is 0 Å². The molecule has 0 spiro atoms. The minimum atomic E-state index is -0.167. The zero-order valence-corrected chi connectivity index (χ0v) is 9.28. The molecule has 2 aliphatic rings. The molecule has 4 heteroatoms. The molecular weight excluding hydrogens is 192 g/mol. The minimum Gasteiger partial charge on any atom is -0.393 e. The largest absolute Gasteiger partial charge is 0.393 e. The average molecular weight is 212 g/mol.